The van der Waals surface area contributed by atoms with Gasteiger partial charge in [-0.3, -0.25) is 4.79 Å². The number of amides is 1. The van der Waals surface area contributed by atoms with Crippen LogP contribution in [0.5, 0.6) is 0 Å². The fourth-order valence-electron chi connectivity index (χ4n) is 1.75. The van der Waals surface area contributed by atoms with E-state index in [-0.39, 0.29) is 11.9 Å². The fourth-order valence-corrected chi connectivity index (χ4v) is 2.81. The Balaban J connectivity index is 2.01. The summed E-state index contributed by atoms with van der Waals surface area (Å²) >= 11 is 7.34. The van der Waals surface area contributed by atoms with Gasteiger partial charge in [0.15, 0.2) is 0 Å². The van der Waals surface area contributed by atoms with Crippen LogP contribution in [0.1, 0.15) is 29.4 Å². The van der Waals surface area contributed by atoms with Crippen LogP contribution in [0, 0.1) is 0 Å². The average Bonchev–Trinajstić information content (AvgIpc) is 2.85. The summed E-state index contributed by atoms with van der Waals surface area (Å²) in [7, 11) is 0. The van der Waals surface area contributed by atoms with Gasteiger partial charge >= 0.3 is 0 Å². The summed E-state index contributed by atoms with van der Waals surface area (Å²) in [6.45, 7) is 1.91. The van der Waals surface area contributed by atoms with Gasteiger partial charge in [0.05, 0.1) is 10.4 Å². The molecular formula is C14H15ClN2OS. The van der Waals surface area contributed by atoms with Crippen LogP contribution in [0.4, 0.5) is 0 Å². The summed E-state index contributed by atoms with van der Waals surface area (Å²) in [4.78, 5) is 13.1. The largest absolute Gasteiger partial charge is 0.347 e. The third kappa shape index (κ3) is 3.56. The van der Waals surface area contributed by atoms with Crippen molar-refractivity contribution in [3.05, 3.63) is 57.2 Å². The van der Waals surface area contributed by atoms with Gasteiger partial charge in [-0.25, -0.2) is 0 Å². The van der Waals surface area contributed by atoms with Crippen molar-refractivity contribution in [3.8, 4) is 0 Å². The first-order chi connectivity index (χ1) is 9.08. The molecule has 0 radical (unpaired) electrons. The molecule has 3 N–H and O–H groups in total. The minimum Gasteiger partial charge on any atom is -0.347 e. The van der Waals surface area contributed by atoms with Crippen LogP contribution in [-0.4, -0.2) is 5.91 Å². The molecule has 0 spiro atoms. The first-order valence-corrected chi connectivity index (χ1v) is 7.13. The van der Waals surface area contributed by atoms with Gasteiger partial charge in [0.25, 0.3) is 0 Å². The Morgan fingerprint density at radius 1 is 1.26 bits per heavy atom. The molecule has 0 aliphatic carbocycles. The minimum atomic E-state index is -0.654. The third-order valence-electron chi connectivity index (χ3n) is 2.82. The Hall–Kier alpha value is -1.36. The van der Waals surface area contributed by atoms with Crippen molar-refractivity contribution in [2.75, 3.05) is 0 Å². The number of thiophene rings is 1. The van der Waals surface area contributed by atoms with E-state index < -0.39 is 6.04 Å². The number of carbonyl (C=O) groups is 1. The highest BCUT2D eigenvalue weighted by Crippen LogP contribution is 2.27. The van der Waals surface area contributed by atoms with Gasteiger partial charge in [-0.15, -0.1) is 11.3 Å². The van der Waals surface area contributed by atoms with Crippen LogP contribution in [0.3, 0.4) is 0 Å². The molecule has 1 heterocycles. The third-order valence-corrected chi connectivity index (χ3v) is 4.23. The Morgan fingerprint density at radius 2 is 1.95 bits per heavy atom. The molecule has 2 aromatic rings. The molecule has 0 saturated heterocycles. The van der Waals surface area contributed by atoms with Gasteiger partial charge in [-0.1, -0.05) is 41.9 Å². The number of nitrogens with one attached hydrogen (secondary N) is 1. The van der Waals surface area contributed by atoms with Gasteiger partial charge in [0.2, 0.25) is 5.91 Å². The lowest BCUT2D eigenvalue weighted by atomic mass is 10.1. The first kappa shape index (κ1) is 14.1. The Bertz CT molecular complexity index is 556. The number of rotatable bonds is 4. The highest BCUT2D eigenvalue weighted by Gasteiger charge is 2.18. The number of benzene rings is 1. The summed E-state index contributed by atoms with van der Waals surface area (Å²) in [5.74, 6) is -0.191. The summed E-state index contributed by atoms with van der Waals surface area (Å²) in [6, 6.07) is 12.3. The topological polar surface area (TPSA) is 55.1 Å². The highest BCUT2D eigenvalue weighted by molar-refractivity contribution is 7.16. The molecule has 2 rings (SSSR count). The zero-order chi connectivity index (χ0) is 13.8. The molecule has 0 aliphatic rings. The smallest absolute Gasteiger partial charge is 0.242 e. The molecule has 2 atom stereocenters. The molecular weight excluding hydrogens is 280 g/mol. The molecule has 0 bridgehead atoms. The molecule has 1 unspecified atom stereocenters. The van der Waals surface area contributed by atoms with Crippen LogP contribution < -0.4 is 11.1 Å². The monoisotopic (exact) mass is 294 g/mol. The molecule has 19 heavy (non-hydrogen) atoms. The van der Waals surface area contributed by atoms with E-state index >= 15 is 0 Å². The second kappa shape index (κ2) is 6.19. The number of nitrogens with two attached hydrogens (primary N) is 1. The second-order valence-electron chi connectivity index (χ2n) is 4.26. The summed E-state index contributed by atoms with van der Waals surface area (Å²) in [5.41, 5.74) is 6.74. The molecule has 100 valence electrons. The van der Waals surface area contributed by atoms with Crippen molar-refractivity contribution in [1.29, 1.82) is 0 Å². The normalized spacial score (nSPS) is 13.8. The molecule has 3 nitrogen and oxygen atoms in total. The van der Waals surface area contributed by atoms with Gasteiger partial charge in [0, 0.05) is 4.88 Å². The van der Waals surface area contributed by atoms with Crippen LogP contribution >= 0.6 is 22.9 Å². The van der Waals surface area contributed by atoms with Crippen LogP contribution in [-0.2, 0) is 4.79 Å². The van der Waals surface area contributed by atoms with Crippen LogP contribution in [0.2, 0.25) is 4.34 Å². The number of halogens is 1. The van der Waals surface area contributed by atoms with E-state index in [1.54, 1.807) is 0 Å². The van der Waals surface area contributed by atoms with E-state index in [2.05, 4.69) is 5.32 Å². The predicted molar refractivity (Wildman–Crippen MR) is 79.3 cm³/mol. The SMILES string of the molecule is CC(NC(=O)[C@@H](N)c1ccccc1)c1ccc(Cl)s1. The number of carbonyl (C=O) groups excluding carboxylic acids is 1. The maximum absolute atomic E-state index is 12.1. The van der Waals surface area contributed by atoms with Crippen molar-refractivity contribution in [2.24, 2.45) is 5.73 Å². The van der Waals surface area contributed by atoms with Crippen LogP contribution in [0.25, 0.3) is 0 Å². The second-order valence-corrected chi connectivity index (χ2v) is 6.01. The van der Waals surface area contributed by atoms with Crippen molar-refractivity contribution in [1.82, 2.24) is 5.32 Å². The maximum atomic E-state index is 12.1. The van der Waals surface area contributed by atoms with Crippen molar-refractivity contribution in [3.63, 3.8) is 0 Å². The van der Waals surface area contributed by atoms with E-state index in [1.165, 1.54) is 11.3 Å². The highest BCUT2D eigenvalue weighted by atomic mass is 35.5. The van der Waals surface area contributed by atoms with Gasteiger partial charge < -0.3 is 11.1 Å². The van der Waals surface area contributed by atoms with Crippen LogP contribution in [0.15, 0.2) is 42.5 Å². The summed E-state index contributed by atoms with van der Waals surface area (Å²) in [5, 5.41) is 2.90. The van der Waals surface area contributed by atoms with Crippen molar-refractivity contribution >= 4 is 28.8 Å². The maximum Gasteiger partial charge on any atom is 0.242 e. The zero-order valence-corrected chi connectivity index (χ0v) is 12.0. The molecule has 1 amide bonds. The van der Waals surface area contributed by atoms with Crippen molar-refractivity contribution in [2.45, 2.75) is 19.0 Å². The minimum absolute atomic E-state index is 0.0974. The van der Waals surface area contributed by atoms with E-state index in [1.807, 2.05) is 49.4 Å². The average molecular weight is 295 g/mol. The van der Waals surface area contributed by atoms with Gasteiger partial charge in [-0.05, 0) is 24.6 Å². The predicted octanol–water partition coefficient (Wildman–Crippen LogP) is 3.28. The number of hydrogen-bond donors (Lipinski definition) is 2. The lowest BCUT2D eigenvalue weighted by molar-refractivity contribution is -0.123. The first-order valence-electron chi connectivity index (χ1n) is 5.94. The molecule has 0 saturated carbocycles. The Kier molecular flexibility index (Phi) is 4.58. The molecule has 1 aromatic carbocycles. The Labute approximate surface area is 121 Å². The summed E-state index contributed by atoms with van der Waals surface area (Å²) < 4.78 is 0.712. The standard InChI is InChI=1S/C14H15ClN2OS/c1-9(11-7-8-12(15)19-11)17-14(18)13(16)10-5-3-2-4-6-10/h2-9,13H,16H2,1H3,(H,17,18)/t9?,13-/m0/s1. The zero-order valence-electron chi connectivity index (χ0n) is 10.5. The lowest BCUT2D eigenvalue weighted by Gasteiger charge is -2.16. The van der Waals surface area contributed by atoms with E-state index in [9.17, 15) is 4.79 Å². The summed E-state index contributed by atoms with van der Waals surface area (Å²) in [6.07, 6.45) is 0. The fraction of sp³-hybridized carbons (Fsp3) is 0.214. The quantitative estimate of drug-likeness (QED) is 0.909. The molecule has 5 heteroatoms. The Morgan fingerprint density at radius 3 is 2.53 bits per heavy atom. The van der Waals surface area contributed by atoms with Gasteiger partial charge in [0.1, 0.15) is 6.04 Å². The lowest BCUT2D eigenvalue weighted by Crippen LogP contribution is -2.35. The number of hydrogen-bond acceptors (Lipinski definition) is 3. The molecule has 0 aliphatic heterocycles. The van der Waals surface area contributed by atoms with E-state index in [0.717, 1.165) is 10.4 Å². The molecule has 0 fully saturated rings. The van der Waals surface area contributed by atoms with E-state index in [4.69, 9.17) is 17.3 Å². The van der Waals surface area contributed by atoms with E-state index in [0.29, 0.717) is 4.34 Å². The van der Waals surface area contributed by atoms with Gasteiger partial charge in [-0.2, -0.15) is 0 Å². The molecule has 1 aromatic heterocycles. The van der Waals surface area contributed by atoms with Crippen molar-refractivity contribution < 1.29 is 4.79 Å².